The summed E-state index contributed by atoms with van der Waals surface area (Å²) in [7, 11) is 0. The minimum atomic E-state index is -0.205. The summed E-state index contributed by atoms with van der Waals surface area (Å²) in [4.78, 5) is 14.5. The van der Waals surface area contributed by atoms with Crippen molar-refractivity contribution in [3.05, 3.63) is 71.0 Å². The summed E-state index contributed by atoms with van der Waals surface area (Å²) in [6.07, 6.45) is 4.69. The average Bonchev–Trinajstić information content (AvgIpc) is 2.91. The number of anilines is 1. The molecule has 1 aliphatic carbocycles. The zero-order valence-electron chi connectivity index (χ0n) is 11.4. The van der Waals surface area contributed by atoms with Gasteiger partial charge >= 0.3 is 0 Å². The summed E-state index contributed by atoms with van der Waals surface area (Å²) in [5.41, 5.74) is 3.16. The third-order valence-electron chi connectivity index (χ3n) is 4.28. The molecule has 0 N–H and O–H groups in total. The molecule has 0 spiro atoms. The maximum Gasteiger partial charge on any atom is 0.258 e. The zero-order chi connectivity index (χ0) is 14.4. The number of carbonyl (C=O) groups excluding carboxylic acids is 1. The van der Waals surface area contributed by atoms with Gasteiger partial charge in [-0.3, -0.25) is 4.79 Å². The van der Waals surface area contributed by atoms with Crippen molar-refractivity contribution in [2.75, 3.05) is 11.4 Å². The van der Waals surface area contributed by atoms with Crippen molar-refractivity contribution in [1.29, 1.82) is 0 Å². The van der Waals surface area contributed by atoms with Crippen LogP contribution in [-0.2, 0) is 0 Å². The molecule has 0 radical (unpaired) electrons. The SMILES string of the molecule is O=C(c1ccccc1)N1CC2CC=Cc3c(F)ccc1c32. The van der Waals surface area contributed by atoms with Crippen LogP contribution in [0.3, 0.4) is 0 Å². The van der Waals surface area contributed by atoms with Crippen molar-refractivity contribution in [3.63, 3.8) is 0 Å². The van der Waals surface area contributed by atoms with Gasteiger partial charge in [0.15, 0.2) is 0 Å². The molecule has 2 aliphatic rings. The monoisotopic (exact) mass is 279 g/mol. The van der Waals surface area contributed by atoms with Crippen molar-refractivity contribution in [1.82, 2.24) is 0 Å². The molecule has 2 aromatic rings. The molecule has 0 bridgehead atoms. The number of hydrogen-bond donors (Lipinski definition) is 0. The van der Waals surface area contributed by atoms with E-state index in [4.69, 9.17) is 0 Å². The van der Waals surface area contributed by atoms with Gasteiger partial charge in [-0.05, 0) is 36.2 Å². The standard InChI is InChI=1S/C18H14FNO/c19-15-9-10-16-17-13(7-4-8-14(15)17)11-20(16)18(21)12-5-2-1-3-6-12/h1-6,8-10,13H,7,11H2. The third-order valence-corrected chi connectivity index (χ3v) is 4.28. The fourth-order valence-electron chi connectivity index (χ4n) is 3.31. The molecule has 1 aliphatic heterocycles. The summed E-state index contributed by atoms with van der Waals surface area (Å²) >= 11 is 0. The second-order valence-electron chi connectivity index (χ2n) is 5.51. The average molecular weight is 279 g/mol. The third kappa shape index (κ3) is 1.81. The van der Waals surface area contributed by atoms with E-state index in [9.17, 15) is 9.18 Å². The molecule has 0 saturated heterocycles. The zero-order valence-corrected chi connectivity index (χ0v) is 11.4. The molecule has 1 atom stereocenters. The highest BCUT2D eigenvalue weighted by molar-refractivity contribution is 6.08. The smallest absolute Gasteiger partial charge is 0.258 e. The summed E-state index contributed by atoms with van der Waals surface area (Å²) < 4.78 is 13.9. The van der Waals surface area contributed by atoms with Crippen molar-refractivity contribution in [2.24, 2.45) is 0 Å². The van der Waals surface area contributed by atoms with E-state index in [1.165, 1.54) is 6.07 Å². The summed E-state index contributed by atoms with van der Waals surface area (Å²) in [5, 5.41) is 0. The number of rotatable bonds is 1. The number of halogens is 1. The van der Waals surface area contributed by atoms with E-state index in [0.717, 1.165) is 17.7 Å². The Morgan fingerprint density at radius 3 is 2.76 bits per heavy atom. The summed E-state index contributed by atoms with van der Waals surface area (Å²) in [6.45, 7) is 0.629. The highest BCUT2D eigenvalue weighted by Crippen LogP contribution is 2.44. The lowest BCUT2D eigenvalue weighted by Crippen LogP contribution is -2.29. The molecule has 1 unspecified atom stereocenters. The molecule has 3 heteroatoms. The van der Waals surface area contributed by atoms with Crippen LogP contribution in [-0.4, -0.2) is 12.5 Å². The predicted molar refractivity (Wildman–Crippen MR) is 80.9 cm³/mol. The van der Waals surface area contributed by atoms with Gasteiger partial charge in [0.05, 0.1) is 0 Å². The fraction of sp³-hybridized carbons (Fsp3) is 0.167. The lowest BCUT2D eigenvalue weighted by molar-refractivity contribution is 0.0988. The van der Waals surface area contributed by atoms with E-state index in [0.29, 0.717) is 17.7 Å². The normalized spacial score (nSPS) is 18.7. The highest BCUT2D eigenvalue weighted by Gasteiger charge is 2.35. The van der Waals surface area contributed by atoms with Crippen LogP contribution in [0.4, 0.5) is 10.1 Å². The fourth-order valence-corrected chi connectivity index (χ4v) is 3.31. The first-order chi connectivity index (χ1) is 10.3. The van der Waals surface area contributed by atoms with E-state index in [-0.39, 0.29) is 17.6 Å². The molecule has 1 amide bonds. The number of nitrogens with zero attached hydrogens (tertiary/aromatic N) is 1. The van der Waals surface area contributed by atoms with Crippen LogP contribution in [0.5, 0.6) is 0 Å². The Morgan fingerprint density at radius 2 is 1.95 bits per heavy atom. The van der Waals surface area contributed by atoms with Gasteiger partial charge in [0.2, 0.25) is 0 Å². The van der Waals surface area contributed by atoms with Crippen molar-refractivity contribution in [3.8, 4) is 0 Å². The van der Waals surface area contributed by atoms with Crippen LogP contribution < -0.4 is 4.90 Å². The molecule has 4 rings (SSSR count). The number of benzene rings is 2. The predicted octanol–water partition coefficient (Wildman–Crippen LogP) is 3.99. The molecular weight excluding hydrogens is 265 g/mol. The Kier molecular flexibility index (Phi) is 2.67. The molecule has 2 aromatic carbocycles. The van der Waals surface area contributed by atoms with Gasteiger partial charge < -0.3 is 4.90 Å². The second kappa shape index (κ2) is 4.55. The molecule has 0 saturated carbocycles. The minimum absolute atomic E-state index is 0.0150. The minimum Gasteiger partial charge on any atom is -0.307 e. The van der Waals surface area contributed by atoms with Crippen LogP contribution in [0.15, 0.2) is 48.5 Å². The van der Waals surface area contributed by atoms with Crippen LogP contribution >= 0.6 is 0 Å². The molecule has 1 heterocycles. The van der Waals surface area contributed by atoms with Crippen LogP contribution in [0, 0.1) is 5.82 Å². The second-order valence-corrected chi connectivity index (χ2v) is 5.51. The van der Waals surface area contributed by atoms with Crippen molar-refractivity contribution < 1.29 is 9.18 Å². The Hall–Kier alpha value is -2.42. The van der Waals surface area contributed by atoms with Gasteiger partial charge in [-0.15, -0.1) is 0 Å². The van der Waals surface area contributed by atoms with Gasteiger partial charge in [0.25, 0.3) is 5.91 Å². The molecule has 0 fully saturated rings. The highest BCUT2D eigenvalue weighted by atomic mass is 19.1. The maximum absolute atomic E-state index is 13.9. The van der Waals surface area contributed by atoms with E-state index in [1.807, 2.05) is 42.5 Å². The molecule has 104 valence electrons. The van der Waals surface area contributed by atoms with Crippen LogP contribution in [0.1, 0.15) is 33.8 Å². The lowest BCUT2D eigenvalue weighted by atomic mass is 9.88. The van der Waals surface area contributed by atoms with Gasteiger partial charge in [-0.2, -0.15) is 0 Å². The Bertz CT molecular complexity index is 751. The maximum atomic E-state index is 13.9. The molecule has 2 nitrogen and oxygen atoms in total. The first-order valence-electron chi connectivity index (χ1n) is 7.11. The van der Waals surface area contributed by atoms with Gasteiger partial charge in [0.1, 0.15) is 5.82 Å². The number of amides is 1. The van der Waals surface area contributed by atoms with E-state index < -0.39 is 0 Å². The van der Waals surface area contributed by atoms with Gasteiger partial charge in [-0.1, -0.05) is 30.4 Å². The van der Waals surface area contributed by atoms with E-state index in [2.05, 4.69) is 0 Å². The topological polar surface area (TPSA) is 20.3 Å². The first kappa shape index (κ1) is 12.3. The van der Waals surface area contributed by atoms with Crippen LogP contribution in [0.25, 0.3) is 6.08 Å². The first-order valence-corrected chi connectivity index (χ1v) is 7.11. The molecular formula is C18H14FNO. The molecule has 21 heavy (non-hydrogen) atoms. The van der Waals surface area contributed by atoms with Crippen molar-refractivity contribution in [2.45, 2.75) is 12.3 Å². The largest absolute Gasteiger partial charge is 0.307 e. The lowest BCUT2D eigenvalue weighted by Gasteiger charge is -2.17. The number of hydrogen-bond acceptors (Lipinski definition) is 1. The van der Waals surface area contributed by atoms with Crippen LogP contribution in [0.2, 0.25) is 0 Å². The summed E-state index contributed by atoms with van der Waals surface area (Å²) in [5.74, 6) is -0.00844. The number of allylic oxidation sites excluding steroid dienone is 1. The van der Waals surface area contributed by atoms with E-state index in [1.54, 1.807) is 11.0 Å². The summed E-state index contributed by atoms with van der Waals surface area (Å²) in [6, 6.07) is 12.4. The van der Waals surface area contributed by atoms with Gasteiger partial charge in [0, 0.05) is 29.3 Å². The Labute approximate surface area is 122 Å². The van der Waals surface area contributed by atoms with Crippen molar-refractivity contribution >= 4 is 17.7 Å². The van der Waals surface area contributed by atoms with Gasteiger partial charge in [-0.25, -0.2) is 4.39 Å². The number of carbonyl (C=O) groups is 1. The Balaban J connectivity index is 1.80. The van der Waals surface area contributed by atoms with E-state index >= 15 is 0 Å². The molecule has 0 aromatic heterocycles. The Morgan fingerprint density at radius 1 is 1.14 bits per heavy atom. The quantitative estimate of drug-likeness (QED) is 0.773.